The minimum absolute atomic E-state index is 0.121. The van der Waals surface area contributed by atoms with Crippen molar-refractivity contribution in [1.82, 2.24) is 8.87 Å². The molecule has 0 amide bonds. The standard InChI is InChI=1S/C14H18N2O5S/c1-9-10(2)20-7-6-16(9)22(18,19)11-4-5-12-13(8-11)21-14(17)15(12)3/h4-5,8-10H,6-7H2,1-3H3. The van der Waals surface area contributed by atoms with Gasteiger partial charge in [-0.1, -0.05) is 0 Å². The van der Waals surface area contributed by atoms with E-state index in [1.54, 1.807) is 13.1 Å². The van der Waals surface area contributed by atoms with E-state index in [-0.39, 0.29) is 22.6 Å². The van der Waals surface area contributed by atoms with E-state index in [0.29, 0.717) is 18.7 Å². The van der Waals surface area contributed by atoms with Gasteiger partial charge in [0.05, 0.1) is 23.1 Å². The number of ether oxygens (including phenoxy) is 1. The number of oxazole rings is 1. The normalized spacial score (nSPS) is 24.0. The van der Waals surface area contributed by atoms with Crippen molar-refractivity contribution in [3.8, 4) is 0 Å². The van der Waals surface area contributed by atoms with Gasteiger partial charge in [0.2, 0.25) is 10.0 Å². The van der Waals surface area contributed by atoms with Crippen LogP contribution in [0, 0.1) is 0 Å². The van der Waals surface area contributed by atoms with Crippen LogP contribution < -0.4 is 5.76 Å². The number of benzene rings is 1. The fourth-order valence-corrected chi connectivity index (χ4v) is 4.35. The van der Waals surface area contributed by atoms with Crippen LogP contribution in [0.4, 0.5) is 0 Å². The van der Waals surface area contributed by atoms with Gasteiger partial charge in [0.25, 0.3) is 0 Å². The highest BCUT2D eigenvalue weighted by Crippen LogP contribution is 2.25. The molecule has 0 spiro atoms. The molecule has 0 N–H and O–H groups in total. The summed E-state index contributed by atoms with van der Waals surface area (Å²) >= 11 is 0. The number of morpholine rings is 1. The van der Waals surface area contributed by atoms with Crippen LogP contribution in [0.3, 0.4) is 0 Å². The number of sulfonamides is 1. The molecule has 8 heteroatoms. The second-order valence-corrected chi connectivity index (χ2v) is 7.38. The van der Waals surface area contributed by atoms with Crippen molar-refractivity contribution in [2.24, 2.45) is 7.05 Å². The van der Waals surface area contributed by atoms with Crippen molar-refractivity contribution in [2.45, 2.75) is 30.9 Å². The molecule has 0 radical (unpaired) electrons. The zero-order valence-electron chi connectivity index (χ0n) is 12.6. The fraction of sp³-hybridized carbons (Fsp3) is 0.500. The molecule has 1 aromatic heterocycles. The molecule has 0 bridgehead atoms. The average Bonchev–Trinajstić information content (AvgIpc) is 2.76. The second-order valence-electron chi connectivity index (χ2n) is 5.49. The lowest BCUT2D eigenvalue weighted by molar-refractivity contribution is -0.0231. The van der Waals surface area contributed by atoms with E-state index in [1.165, 1.54) is 21.0 Å². The predicted octanol–water partition coefficient (Wildman–Crippen LogP) is 0.929. The molecule has 1 aliphatic rings. The highest BCUT2D eigenvalue weighted by Gasteiger charge is 2.35. The molecule has 120 valence electrons. The van der Waals surface area contributed by atoms with Crippen LogP contribution >= 0.6 is 0 Å². The van der Waals surface area contributed by atoms with Crippen LogP contribution in [0.25, 0.3) is 11.1 Å². The van der Waals surface area contributed by atoms with E-state index in [9.17, 15) is 13.2 Å². The zero-order chi connectivity index (χ0) is 16.1. The van der Waals surface area contributed by atoms with Crippen LogP contribution in [0.2, 0.25) is 0 Å². The fourth-order valence-electron chi connectivity index (χ4n) is 2.65. The minimum atomic E-state index is -3.66. The van der Waals surface area contributed by atoms with Gasteiger partial charge in [0, 0.05) is 25.7 Å². The summed E-state index contributed by atoms with van der Waals surface area (Å²) in [4.78, 5) is 11.6. The van der Waals surface area contributed by atoms with Crippen LogP contribution in [-0.2, 0) is 21.8 Å². The first kappa shape index (κ1) is 15.3. The highest BCUT2D eigenvalue weighted by atomic mass is 32.2. The Hall–Kier alpha value is -1.64. The molecule has 2 unspecified atom stereocenters. The molecule has 0 aliphatic carbocycles. The number of fused-ring (bicyclic) bond motifs is 1. The van der Waals surface area contributed by atoms with Gasteiger partial charge < -0.3 is 9.15 Å². The number of aryl methyl sites for hydroxylation is 1. The van der Waals surface area contributed by atoms with Gasteiger partial charge in [-0.25, -0.2) is 13.2 Å². The van der Waals surface area contributed by atoms with Crippen LogP contribution in [-0.4, -0.2) is 42.6 Å². The molecule has 2 aromatic rings. The van der Waals surface area contributed by atoms with Gasteiger partial charge in [0.1, 0.15) is 0 Å². The maximum Gasteiger partial charge on any atom is 0.419 e. The van der Waals surface area contributed by atoms with Crippen LogP contribution in [0.15, 0.2) is 32.3 Å². The maximum absolute atomic E-state index is 12.8. The third-order valence-electron chi connectivity index (χ3n) is 4.20. The molecule has 1 saturated heterocycles. The van der Waals surface area contributed by atoms with Gasteiger partial charge in [-0.2, -0.15) is 4.31 Å². The van der Waals surface area contributed by atoms with Gasteiger partial charge in [-0.3, -0.25) is 4.57 Å². The van der Waals surface area contributed by atoms with E-state index in [2.05, 4.69) is 0 Å². The molecule has 0 saturated carbocycles. The first-order chi connectivity index (χ1) is 10.3. The lowest BCUT2D eigenvalue weighted by Crippen LogP contribution is -2.51. The maximum atomic E-state index is 12.8. The van der Waals surface area contributed by atoms with Gasteiger partial charge in [-0.15, -0.1) is 0 Å². The number of hydrogen-bond acceptors (Lipinski definition) is 5. The van der Waals surface area contributed by atoms with E-state index in [0.717, 1.165) is 0 Å². The summed E-state index contributed by atoms with van der Waals surface area (Å²) in [6, 6.07) is 4.23. The Morgan fingerprint density at radius 3 is 2.73 bits per heavy atom. The molecule has 1 fully saturated rings. The van der Waals surface area contributed by atoms with Crippen molar-refractivity contribution in [2.75, 3.05) is 13.2 Å². The number of nitrogens with zero attached hydrogens (tertiary/aromatic N) is 2. The Kier molecular flexibility index (Phi) is 3.62. The Morgan fingerprint density at radius 1 is 1.27 bits per heavy atom. The average molecular weight is 326 g/mol. The van der Waals surface area contributed by atoms with Crippen molar-refractivity contribution in [1.29, 1.82) is 0 Å². The second kappa shape index (κ2) is 5.22. The molecule has 2 atom stereocenters. The number of aromatic nitrogens is 1. The summed E-state index contributed by atoms with van der Waals surface area (Å²) in [5.74, 6) is -0.516. The summed E-state index contributed by atoms with van der Waals surface area (Å²) in [5.41, 5.74) is 0.829. The van der Waals surface area contributed by atoms with E-state index < -0.39 is 15.8 Å². The van der Waals surface area contributed by atoms with Crippen molar-refractivity contribution in [3.05, 3.63) is 28.7 Å². The lowest BCUT2D eigenvalue weighted by atomic mass is 10.2. The molecule has 3 rings (SSSR count). The molecular formula is C14H18N2O5S. The molecule has 22 heavy (non-hydrogen) atoms. The Labute approximate surface area is 128 Å². The Balaban J connectivity index is 2.07. The smallest absolute Gasteiger partial charge is 0.408 e. The SMILES string of the molecule is CC1OCCN(S(=O)(=O)c2ccc3c(c2)oc(=O)n3C)C1C. The van der Waals surface area contributed by atoms with E-state index in [4.69, 9.17) is 9.15 Å². The van der Waals surface area contributed by atoms with E-state index in [1.807, 2.05) is 13.8 Å². The Bertz CT molecular complexity index is 867. The first-order valence-electron chi connectivity index (χ1n) is 7.05. The summed E-state index contributed by atoms with van der Waals surface area (Å²) in [6.45, 7) is 4.35. The van der Waals surface area contributed by atoms with Crippen molar-refractivity contribution in [3.63, 3.8) is 0 Å². The number of hydrogen-bond donors (Lipinski definition) is 0. The summed E-state index contributed by atoms with van der Waals surface area (Å²) in [6.07, 6.45) is -0.165. The third kappa shape index (κ3) is 2.27. The summed E-state index contributed by atoms with van der Waals surface area (Å²) < 4.78 is 39.0. The number of rotatable bonds is 2. The topological polar surface area (TPSA) is 81.8 Å². The lowest BCUT2D eigenvalue weighted by Gasteiger charge is -2.36. The Morgan fingerprint density at radius 2 is 2.00 bits per heavy atom. The van der Waals surface area contributed by atoms with E-state index >= 15 is 0 Å². The van der Waals surface area contributed by atoms with Crippen molar-refractivity contribution >= 4 is 21.1 Å². The van der Waals surface area contributed by atoms with Gasteiger partial charge in [0.15, 0.2) is 5.58 Å². The largest absolute Gasteiger partial charge is 0.419 e. The monoisotopic (exact) mass is 326 g/mol. The molecule has 7 nitrogen and oxygen atoms in total. The molecular weight excluding hydrogens is 308 g/mol. The quantitative estimate of drug-likeness (QED) is 0.820. The van der Waals surface area contributed by atoms with Crippen LogP contribution in [0.1, 0.15) is 13.8 Å². The molecule has 2 heterocycles. The zero-order valence-corrected chi connectivity index (χ0v) is 13.5. The van der Waals surface area contributed by atoms with Gasteiger partial charge in [-0.05, 0) is 26.0 Å². The highest BCUT2D eigenvalue weighted by molar-refractivity contribution is 7.89. The summed E-state index contributed by atoms with van der Waals surface area (Å²) in [7, 11) is -2.08. The van der Waals surface area contributed by atoms with Gasteiger partial charge >= 0.3 is 5.76 Å². The predicted molar refractivity (Wildman–Crippen MR) is 80.2 cm³/mol. The first-order valence-corrected chi connectivity index (χ1v) is 8.49. The minimum Gasteiger partial charge on any atom is -0.408 e. The molecule has 1 aromatic carbocycles. The molecule has 1 aliphatic heterocycles. The van der Waals surface area contributed by atoms with Crippen molar-refractivity contribution < 1.29 is 17.6 Å². The summed E-state index contributed by atoms with van der Waals surface area (Å²) in [5, 5.41) is 0. The third-order valence-corrected chi connectivity index (χ3v) is 6.18. The van der Waals surface area contributed by atoms with Crippen LogP contribution in [0.5, 0.6) is 0 Å².